The van der Waals surface area contributed by atoms with Crippen molar-refractivity contribution in [1.82, 2.24) is 10.6 Å². The Bertz CT molecular complexity index is 1550. The van der Waals surface area contributed by atoms with Crippen LogP contribution in [0.15, 0.2) is 108 Å². The second-order valence-corrected chi connectivity index (χ2v) is 13.1. The maximum absolute atomic E-state index is 14.2. The Morgan fingerprint density at radius 2 is 1.54 bits per heavy atom. The number of hydrogen-bond donors (Lipinski definition) is 2. The largest absolute Gasteiger partial charge is 0.453 e. The molecule has 1 aliphatic heterocycles. The number of carbonyl (C=O) groups excluding carboxylic acids is 2. The molecule has 0 bridgehead atoms. The number of thioether (sulfide) groups is 1. The predicted octanol–water partition coefficient (Wildman–Crippen LogP) is 7.40. The molecule has 0 radical (unpaired) electrons. The van der Waals surface area contributed by atoms with Crippen LogP contribution in [0, 0.1) is 6.92 Å². The van der Waals surface area contributed by atoms with Gasteiger partial charge in [-0.25, -0.2) is 4.79 Å². The van der Waals surface area contributed by atoms with E-state index < -0.39 is 12.1 Å². The predicted molar refractivity (Wildman–Crippen MR) is 186 cm³/mol. The molecule has 1 fully saturated rings. The van der Waals surface area contributed by atoms with Crippen LogP contribution < -0.4 is 10.6 Å². The van der Waals surface area contributed by atoms with E-state index in [1.54, 1.807) is 11.8 Å². The lowest BCUT2D eigenvalue weighted by Gasteiger charge is -2.31. The van der Waals surface area contributed by atoms with E-state index in [1.165, 1.54) is 17.6 Å². The van der Waals surface area contributed by atoms with Gasteiger partial charge in [0.05, 0.1) is 19.3 Å². The molecular formula is C38H41ClN2O4S. The van der Waals surface area contributed by atoms with Gasteiger partial charge in [0, 0.05) is 41.1 Å². The molecule has 4 aromatic carbocycles. The summed E-state index contributed by atoms with van der Waals surface area (Å²) in [6.07, 6.45) is 1.34. The van der Waals surface area contributed by atoms with E-state index in [1.807, 2.05) is 91.0 Å². The molecule has 0 spiro atoms. The average Bonchev–Trinajstić information content (AvgIpc) is 3.08. The van der Waals surface area contributed by atoms with E-state index in [0.29, 0.717) is 0 Å². The van der Waals surface area contributed by atoms with E-state index >= 15 is 0 Å². The lowest BCUT2D eigenvalue weighted by atomic mass is 9.81. The zero-order chi connectivity index (χ0) is 32.3. The highest BCUT2D eigenvalue weighted by atomic mass is 35.5. The summed E-state index contributed by atoms with van der Waals surface area (Å²) >= 11 is 7.93. The van der Waals surface area contributed by atoms with Crippen molar-refractivity contribution >= 4 is 35.2 Å². The van der Waals surface area contributed by atoms with Crippen molar-refractivity contribution in [3.8, 4) is 0 Å². The van der Waals surface area contributed by atoms with Crippen molar-refractivity contribution < 1.29 is 19.1 Å². The number of rotatable bonds is 13. The number of ether oxygens (including phenoxy) is 2. The van der Waals surface area contributed by atoms with Gasteiger partial charge in [0.15, 0.2) is 5.78 Å². The number of Topliss-reactive ketones (excluding diaryl/α,β-unsaturated/α-hetero) is 1. The number of methoxy groups -OCH3 is 1. The van der Waals surface area contributed by atoms with Gasteiger partial charge in [0.2, 0.25) is 0 Å². The van der Waals surface area contributed by atoms with Gasteiger partial charge in [-0.1, -0.05) is 96.5 Å². The van der Waals surface area contributed by atoms with Crippen LogP contribution in [0.3, 0.4) is 0 Å². The summed E-state index contributed by atoms with van der Waals surface area (Å²) in [7, 11) is 1.32. The van der Waals surface area contributed by atoms with E-state index in [9.17, 15) is 9.59 Å². The molecule has 0 unspecified atom stereocenters. The fraction of sp³-hybridized carbons (Fsp3) is 0.316. The van der Waals surface area contributed by atoms with Gasteiger partial charge in [-0.2, -0.15) is 0 Å². The molecule has 1 saturated heterocycles. The number of alkyl carbamates (subject to hydrolysis) is 1. The summed E-state index contributed by atoms with van der Waals surface area (Å²) in [4.78, 5) is 28.0. The molecule has 2 N–H and O–H groups in total. The summed E-state index contributed by atoms with van der Waals surface area (Å²) in [5, 5.41) is 7.17. The highest BCUT2D eigenvalue weighted by Gasteiger charge is 2.33. The van der Waals surface area contributed by atoms with E-state index in [4.69, 9.17) is 21.1 Å². The summed E-state index contributed by atoms with van der Waals surface area (Å²) in [6.45, 7) is 3.69. The summed E-state index contributed by atoms with van der Waals surface area (Å²) in [5.41, 5.74) is 5.13. The highest BCUT2D eigenvalue weighted by Crippen LogP contribution is 2.30. The SMILES string of the molecule is COC(=O)N[C@H](C(=O)Cc1ccccc1CC[C@@H]1CNC[C@@H](CSc2ccc(Cl)cc2C)O1)C(c1ccccc1)c1ccccc1. The van der Waals surface area contributed by atoms with Crippen molar-refractivity contribution in [2.24, 2.45) is 0 Å². The topological polar surface area (TPSA) is 76.7 Å². The molecule has 8 heteroatoms. The first kappa shape index (κ1) is 33.7. The molecule has 1 heterocycles. The third-order valence-corrected chi connectivity index (χ3v) is 9.91. The summed E-state index contributed by atoms with van der Waals surface area (Å²) in [6, 6.07) is 32.9. The molecule has 4 aromatic rings. The fourth-order valence-corrected chi connectivity index (χ4v) is 7.26. The van der Waals surface area contributed by atoms with Gasteiger partial charge in [-0.3, -0.25) is 4.79 Å². The van der Waals surface area contributed by atoms with Crippen molar-refractivity contribution in [3.05, 3.63) is 136 Å². The molecule has 1 amide bonds. The van der Waals surface area contributed by atoms with Crippen LogP contribution in [0.25, 0.3) is 0 Å². The normalized spacial score (nSPS) is 17.0. The molecule has 3 atom stereocenters. The van der Waals surface area contributed by atoms with Crippen LogP contribution in [0.2, 0.25) is 5.02 Å². The molecule has 240 valence electrons. The number of aryl methyl sites for hydroxylation is 2. The minimum absolute atomic E-state index is 0.0729. The number of amides is 1. The van der Waals surface area contributed by atoms with Crippen LogP contribution in [0.5, 0.6) is 0 Å². The Kier molecular flexibility index (Phi) is 12.3. The smallest absolute Gasteiger partial charge is 0.407 e. The molecule has 6 nitrogen and oxygen atoms in total. The quantitative estimate of drug-likeness (QED) is 0.146. The Labute approximate surface area is 281 Å². The first-order valence-electron chi connectivity index (χ1n) is 15.7. The second-order valence-electron chi connectivity index (χ2n) is 11.6. The monoisotopic (exact) mass is 656 g/mol. The Morgan fingerprint density at radius 1 is 0.913 bits per heavy atom. The lowest BCUT2D eigenvalue weighted by Crippen LogP contribution is -2.46. The summed E-state index contributed by atoms with van der Waals surface area (Å²) in [5.74, 6) is 0.394. The first-order valence-corrected chi connectivity index (χ1v) is 17.1. The van der Waals surface area contributed by atoms with Crippen molar-refractivity contribution in [2.75, 3.05) is 26.0 Å². The first-order chi connectivity index (χ1) is 22.4. The second kappa shape index (κ2) is 16.8. The third kappa shape index (κ3) is 9.23. The van der Waals surface area contributed by atoms with Gasteiger partial charge in [0.25, 0.3) is 0 Å². The average molecular weight is 657 g/mol. The van der Waals surface area contributed by atoms with Crippen molar-refractivity contribution in [1.29, 1.82) is 0 Å². The van der Waals surface area contributed by atoms with Gasteiger partial charge in [-0.05, 0) is 65.8 Å². The molecule has 0 aliphatic carbocycles. The van der Waals surface area contributed by atoms with Crippen LogP contribution in [0.1, 0.15) is 40.2 Å². The number of nitrogens with one attached hydrogen (secondary N) is 2. The number of ketones is 1. The number of morpholine rings is 1. The maximum atomic E-state index is 14.2. The summed E-state index contributed by atoms with van der Waals surface area (Å²) < 4.78 is 11.5. The van der Waals surface area contributed by atoms with E-state index in [0.717, 1.165) is 59.0 Å². The number of hydrogen-bond acceptors (Lipinski definition) is 6. The van der Waals surface area contributed by atoms with E-state index in [2.05, 4.69) is 29.7 Å². The highest BCUT2D eigenvalue weighted by molar-refractivity contribution is 7.99. The van der Waals surface area contributed by atoms with Gasteiger partial charge < -0.3 is 20.1 Å². The lowest BCUT2D eigenvalue weighted by molar-refractivity contribution is -0.120. The van der Waals surface area contributed by atoms with Crippen molar-refractivity contribution in [2.45, 2.75) is 55.2 Å². The van der Waals surface area contributed by atoms with Gasteiger partial charge in [0.1, 0.15) is 6.04 Å². The number of halogens is 1. The zero-order valence-electron chi connectivity index (χ0n) is 26.3. The molecule has 46 heavy (non-hydrogen) atoms. The zero-order valence-corrected chi connectivity index (χ0v) is 27.9. The molecule has 0 saturated carbocycles. The number of benzene rings is 4. The minimum atomic E-state index is -0.821. The standard InChI is InChI=1S/C38H41ClN2O4S/c1-26-21-31(39)18-20-35(26)46-25-33-24-40-23-32(45-33)19-17-27-11-9-10-16-30(27)22-34(42)37(41-38(43)44-2)36(28-12-5-3-6-13-28)29-14-7-4-8-15-29/h3-16,18,20-21,32-33,36-37,40H,17,19,22-25H2,1-2H3,(H,41,43)/t32-,33+,37-/m1/s1. The van der Waals surface area contributed by atoms with Crippen LogP contribution >= 0.6 is 23.4 Å². The van der Waals surface area contributed by atoms with Gasteiger partial charge >= 0.3 is 6.09 Å². The third-order valence-electron chi connectivity index (χ3n) is 8.37. The molecule has 0 aromatic heterocycles. The molecular weight excluding hydrogens is 616 g/mol. The minimum Gasteiger partial charge on any atom is -0.453 e. The van der Waals surface area contributed by atoms with Crippen molar-refractivity contribution in [3.63, 3.8) is 0 Å². The Balaban J connectivity index is 1.27. The number of carbonyl (C=O) groups is 2. The fourth-order valence-electron chi connectivity index (χ4n) is 6.02. The van der Waals surface area contributed by atoms with Crippen LogP contribution in [-0.4, -0.2) is 56.1 Å². The maximum Gasteiger partial charge on any atom is 0.407 e. The van der Waals surface area contributed by atoms with Crippen LogP contribution in [0.4, 0.5) is 4.79 Å². The van der Waals surface area contributed by atoms with E-state index in [-0.39, 0.29) is 30.3 Å². The molecule has 5 rings (SSSR count). The van der Waals surface area contributed by atoms with Gasteiger partial charge in [-0.15, -0.1) is 11.8 Å². The Morgan fingerprint density at radius 3 is 2.20 bits per heavy atom. The molecule has 1 aliphatic rings. The van der Waals surface area contributed by atoms with Crippen LogP contribution in [-0.2, 0) is 27.1 Å². The Hall–Kier alpha value is -3.62.